The van der Waals surface area contributed by atoms with Crippen LogP contribution in [0.25, 0.3) is 0 Å². The van der Waals surface area contributed by atoms with Gasteiger partial charge in [-0.2, -0.15) is 0 Å². The third-order valence-corrected chi connectivity index (χ3v) is 4.77. The monoisotopic (exact) mass is 356 g/mol. The van der Waals surface area contributed by atoms with Crippen molar-refractivity contribution < 1.29 is 9.59 Å². The fourth-order valence-corrected chi connectivity index (χ4v) is 3.29. The molecule has 2 aromatic rings. The summed E-state index contributed by atoms with van der Waals surface area (Å²) in [5.74, 6) is -0.408. The van der Waals surface area contributed by atoms with E-state index in [1.807, 2.05) is 38.1 Å². The average Bonchev–Trinajstić information content (AvgIpc) is 2.96. The lowest BCUT2D eigenvalue weighted by Gasteiger charge is -2.19. The van der Waals surface area contributed by atoms with E-state index in [0.29, 0.717) is 18.1 Å². The van der Waals surface area contributed by atoms with Crippen molar-refractivity contribution in [3.63, 3.8) is 0 Å². The highest BCUT2D eigenvalue weighted by molar-refractivity contribution is 6.30. The van der Waals surface area contributed by atoms with Crippen LogP contribution >= 0.6 is 11.6 Å². The van der Waals surface area contributed by atoms with Crippen molar-refractivity contribution in [2.75, 3.05) is 11.4 Å². The van der Waals surface area contributed by atoms with Crippen molar-refractivity contribution in [3.05, 3.63) is 64.2 Å². The first kappa shape index (κ1) is 17.5. The summed E-state index contributed by atoms with van der Waals surface area (Å²) in [6, 6.07) is 13.3. The standard InChI is InChI=1S/C20H21ClN2O2/c1-13-3-8-18(14(2)9-13)23-12-16(10-19(23)24)20(25)22-11-15-4-6-17(21)7-5-15/h3-9,16H,10-12H2,1-2H3,(H,22,25). The van der Waals surface area contributed by atoms with Crippen molar-refractivity contribution in [2.45, 2.75) is 26.8 Å². The molecule has 1 saturated heterocycles. The van der Waals surface area contributed by atoms with E-state index in [9.17, 15) is 9.59 Å². The van der Waals surface area contributed by atoms with Crippen molar-refractivity contribution in [3.8, 4) is 0 Å². The molecule has 5 heteroatoms. The Morgan fingerprint density at radius 2 is 1.92 bits per heavy atom. The van der Waals surface area contributed by atoms with Crippen LogP contribution in [-0.2, 0) is 16.1 Å². The fraction of sp³-hybridized carbons (Fsp3) is 0.300. The zero-order valence-corrected chi connectivity index (χ0v) is 15.1. The molecule has 0 aliphatic carbocycles. The molecule has 4 nitrogen and oxygen atoms in total. The zero-order chi connectivity index (χ0) is 18.0. The molecule has 0 spiro atoms. The predicted octanol–water partition coefficient (Wildman–Crippen LogP) is 3.63. The first-order valence-electron chi connectivity index (χ1n) is 8.34. The summed E-state index contributed by atoms with van der Waals surface area (Å²) >= 11 is 5.86. The number of aryl methyl sites for hydroxylation is 2. The Hall–Kier alpha value is -2.33. The molecule has 1 fully saturated rings. The summed E-state index contributed by atoms with van der Waals surface area (Å²) in [4.78, 5) is 26.5. The van der Waals surface area contributed by atoms with E-state index in [4.69, 9.17) is 11.6 Å². The Balaban J connectivity index is 1.63. The SMILES string of the molecule is Cc1ccc(N2CC(C(=O)NCc3ccc(Cl)cc3)CC2=O)c(C)c1. The molecular weight excluding hydrogens is 336 g/mol. The fourth-order valence-electron chi connectivity index (χ4n) is 3.16. The van der Waals surface area contributed by atoms with E-state index >= 15 is 0 Å². The molecule has 1 heterocycles. The summed E-state index contributed by atoms with van der Waals surface area (Å²) in [5, 5.41) is 3.58. The van der Waals surface area contributed by atoms with Gasteiger partial charge in [-0.05, 0) is 43.2 Å². The zero-order valence-electron chi connectivity index (χ0n) is 14.4. The molecule has 2 aromatic carbocycles. The highest BCUT2D eigenvalue weighted by atomic mass is 35.5. The first-order chi connectivity index (χ1) is 11.9. The van der Waals surface area contributed by atoms with Crippen molar-refractivity contribution in [1.29, 1.82) is 0 Å². The highest BCUT2D eigenvalue weighted by Crippen LogP contribution is 2.28. The minimum Gasteiger partial charge on any atom is -0.352 e. The molecule has 3 rings (SSSR count). The van der Waals surface area contributed by atoms with Gasteiger partial charge >= 0.3 is 0 Å². The minimum absolute atomic E-state index is 0.00130. The minimum atomic E-state index is -0.319. The largest absolute Gasteiger partial charge is 0.352 e. The molecule has 0 saturated carbocycles. The number of hydrogen-bond donors (Lipinski definition) is 1. The Kier molecular flexibility index (Phi) is 5.09. The molecule has 1 unspecified atom stereocenters. The number of hydrogen-bond acceptors (Lipinski definition) is 2. The lowest BCUT2D eigenvalue weighted by molar-refractivity contribution is -0.126. The summed E-state index contributed by atoms with van der Waals surface area (Å²) in [7, 11) is 0. The van der Waals surface area contributed by atoms with Gasteiger partial charge in [-0.1, -0.05) is 41.4 Å². The van der Waals surface area contributed by atoms with Crippen LogP contribution in [0.15, 0.2) is 42.5 Å². The number of carbonyl (C=O) groups is 2. The Morgan fingerprint density at radius 3 is 2.60 bits per heavy atom. The maximum Gasteiger partial charge on any atom is 0.227 e. The molecular formula is C20H21ClN2O2. The third kappa shape index (κ3) is 4.02. The van der Waals surface area contributed by atoms with Crippen LogP contribution < -0.4 is 10.2 Å². The van der Waals surface area contributed by atoms with Crippen LogP contribution in [0, 0.1) is 19.8 Å². The third-order valence-electron chi connectivity index (χ3n) is 4.52. The number of nitrogens with zero attached hydrogens (tertiary/aromatic N) is 1. The van der Waals surface area contributed by atoms with E-state index in [1.54, 1.807) is 17.0 Å². The average molecular weight is 357 g/mol. The van der Waals surface area contributed by atoms with Crippen LogP contribution in [0.3, 0.4) is 0 Å². The summed E-state index contributed by atoms with van der Waals surface area (Å²) in [6.07, 6.45) is 0.250. The molecule has 130 valence electrons. The molecule has 0 aromatic heterocycles. The topological polar surface area (TPSA) is 49.4 Å². The van der Waals surface area contributed by atoms with Gasteiger partial charge in [0, 0.05) is 30.2 Å². The lowest BCUT2D eigenvalue weighted by atomic mass is 10.1. The number of halogens is 1. The summed E-state index contributed by atoms with van der Waals surface area (Å²) in [6.45, 7) is 4.87. The number of carbonyl (C=O) groups excluding carboxylic acids is 2. The normalized spacial score (nSPS) is 17.0. The molecule has 25 heavy (non-hydrogen) atoms. The smallest absolute Gasteiger partial charge is 0.227 e. The van der Waals surface area contributed by atoms with Gasteiger partial charge in [0.05, 0.1) is 5.92 Å². The van der Waals surface area contributed by atoms with E-state index in [1.165, 1.54) is 0 Å². The van der Waals surface area contributed by atoms with Crippen LogP contribution in [0.5, 0.6) is 0 Å². The summed E-state index contributed by atoms with van der Waals surface area (Å²) in [5.41, 5.74) is 4.08. The van der Waals surface area contributed by atoms with Crippen LogP contribution in [0.2, 0.25) is 5.02 Å². The number of anilines is 1. The van der Waals surface area contributed by atoms with Gasteiger partial charge in [-0.15, -0.1) is 0 Å². The number of benzene rings is 2. The molecule has 1 aliphatic rings. The van der Waals surface area contributed by atoms with Gasteiger partial charge in [-0.3, -0.25) is 9.59 Å². The Morgan fingerprint density at radius 1 is 1.20 bits per heavy atom. The molecule has 1 aliphatic heterocycles. The first-order valence-corrected chi connectivity index (χ1v) is 8.71. The van der Waals surface area contributed by atoms with Crippen LogP contribution in [0.1, 0.15) is 23.1 Å². The second kappa shape index (κ2) is 7.28. The van der Waals surface area contributed by atoms with E-state index in [0.717, 1.165) is 22.4 Å². The molecule has 2 amide bonds. The van der Waals surface area contributed by atoms with Gasteiger partial charge < -0.3 is 10.2 Å². The van der Waals surface area contributed by atoms with Gasteiger partial charge in [0.1, 0.15) is 0 Å². The van der Waals surface area contributed by atoms with Crippen molar-refractivity contribution in [2.24, 2.45) is 5.92 Å². The van der Waals surface area contributed by atoms with E-state index < -0.39 is 0 Å². The second-order valence-electron chi connectivity index (χ2n) is 6.54. The molecule has 1 atom stereocenters. The van der Waals surface area contributed by atoms with Gasteiger partial charge in [0.25, 0.3) is 0 Å². The van der Waals surface area contributed by atoms with Crippen LogP contribution in [0.4, 0.5) is 5.69 Å². The van der Waals surface area contributed by atoms with Crippen molar-refractivity contribution >= 4 is 29.1 Å². The summed E-state index contributed by atoms with van der Waals surface area (Å²) < 4.78 is 0. The second-order valence-corrected chi connectivity index (χ2v) is 6.98. The molecule has 1 N–H and O–H groups in total. The Labute approximate surface area is 152 Å². The number of nitrogens with one attached hydrogen (secondary N) is 1. The van der Waals surface area contributed by atoms with E-state index in [-0.39, 0.29) is 24.2 Å². The van der Waals surface area contributed by atoms with Gasteiger partial charge in [0.2, 0.25) is 11.8 Å². The maximum atomic E-state index is 12.4. The number of rotatable bonds is 4. The number of amides is 2. The van der Waals surface area contributed by atoms with Crippen LogP contribution in [-0.4, -0.2) is 18.4 Å². The Bertz CT molecular complexity index is 802. The molecule has 0 bridgehead atoms. The molecule has 0 radical (unpaired) electrons. The van der Waals surface area contributed by atoms with Crippen molar-refractivity contribution in [1.82, 2.24) is 5.32 Å². The maximum absolute atomic E-state index is 12.4. The quantitative estimate of drug-likeness (QED) is 0.909. The van der Waals surface area contributed by atoms with E-state index in [2.05, 4.69) is 11.4 Å². The highest BCUT2D eigenvalue weighted by Gasteiger charge is 2.35. The van der Waals surface area contributed by atoms with Gasteiger partial charge in [0.15, 0.2) is 0 Å². The lowest BCUT2D eigenvalue weighted by Crippen LogP contribution is -2.32. The van der Waals surface area contributed by atoms with Gasteiger partial charge in [-0.25, -0.2) is 0 Å². The predicted molar refractivity (Wildman–Crippen MR) is 99.7 cm³/mol.